The molecule has 0 aliphatic carbocycles. The number of benzene rings is 2. The fourth-order valence-electron chi connectivity index (χ4n) is 5.03. The van der Waals surface area contributed by atoms with Crippen LogP contribution in [-0.2, 0) is 18.4 Å². The van der Waals surface area contributed by atoms with Gasteiger partial charge in [0, 0.05) is 24.7 Å². The summed E-state index contributed by atoms with van der Waals surface area (Å²) in [7, 11) is 1.87. The van der Waals surface area contributed by atoms with E-state index in [0.717, 1.165) is 33.8 Å². The molecule has 1 aliphatic heterocycles. The third-order valence-corrected chi connectivity index (χ3v) is 7.77. The number of fused-ring (bicyclic) bond motifs is 1. The maximum absolute atomic E-state index is 13.5. The van der Waals surface area contributed by atoms with Gasteiger partial charge in [-0.1, -0.05) is 53.6 Å². The number of nitrogens with one attached hydrogen (secondary N) is 2. The lowest BCUT2D eigenvalue weighted by atomic mass is 10.0. The number of aryl methyl sites for hydroxylation is 3. The molecule has 10 nitrogen and oxygen atoms in total. The molecule has 212 valence electrons. The molecule has 0 fully saturated rings. The average Bonchev–Trinajstić information content (AvgIpc) is 3.41. The van der Waals surface area contributed by atoms with Gasteiger partial charge in [-0.3, -0.25) is 14.3 Å². The molecule has 2 atom stereocenters. The molecule has 4 aromatic rings. The first-order chi connectivity index (χ1) is 19.6. The molecular weight excluding hydrogens is 542 g/mol. The van der Waals surface area contributed by atoms with Crippen LogP contribution in [0.3, 0.4) is 0 Å². The second-order valence-corrected chi connectivity index (χ2v) is 10.7. The van der Waals surface area contributed by atoms with Crippen LogP contribution in [0, 0.1) is 20.8 Å². The maximum Gasteiger partial charge on any atom is 0.255 e. The first kappa shape index (κ1) is 28.3. The monoisotopic (exact) mass is 573 g/mol. The second kappa shape index (κ2) is 11.3. The minimum Gasteiger partial charge on any atom is -0.394 e. The minimum atomic E-state index is -0.749. The number of carbonyl (C=O) groups is 2. The molecular formula is C30H32ClN7O3. The molecule has 2 aromatic carbocycles. The topological polar surface area (TPSA) is 125 Å². The van der Waals surface area contributed by atoms with Crippen molar-refractivity contribution in [3.8, 4) is 11.3 Å². The van der Waals surface area contributed by atoms with E-state index >= 15 is 0 Å². The third-order valence-electron chi connectivity index (χ3n) is 7.50. The zero-order valence-electron chi connectivity index (χ0n) is 23.6. The van der Waals surface area contributed by atoms with Crippen molar-refractivity contribution in [1.82, 2.24) is 30.0 Å². The van der Waals surface area contributed by atoms with E-state index in [1.54, 1.807) is 17.7 Å². The lowest BCUT2D eigenvalue weighted by molar-refractivity contribution is -0.126. The van der Waals surface area contributed by atoms with Gasteiger partial charge in [0.1, 0.15) is 6.04 Å². The van der Waals surface area contributed by atoms with Crippen LogP contribution in [0.4, 0.5) is 11.6 Å². The summed E-state index contributed by atoms with van der Waals surface area (Å²) in [6.45, 7) is 7.53. The second-order valence-electron chi connectivity index (χ2n) is 10.3. The summed E-state index contributed by atoms with van der Waals surface area (Å²) in [5.74, 6) is -0.248. The summed E-state index contributed by atoms with van der Waals surface area (Å²) in [4.78, 5) is 37.1. The molecule has 2 amide bonds. The Hall–Kier alpha value is -4.28. The highest BCUT2D eigenvalue weighted by molar-refractivity contribution is 6.33. The van der Waals surface area contributed by atoms with Crippen molar-refractivity contribution in [2.45, 2.75) is 46.3 Å². The number of nitrogens with zero attached hydrogens (tertiary/aromatic N) is 5. The van der Waals surface area contributed by atoms with Crippen LogP contribution in [-0.4, -0.2) is 54.2 Å². The number of anilines is 2. The van der Waals surface area contributed by atoms with E-state index in [1.165, 1.54) is 11.1 Å². The van der Waals surface area contributed by atoms with E-state index in [1.807, 2.05) is 64.2 Å². The van der Waals surface area contributed by atoms with Crippen LogP contribution in [0.25, 0.3) is 11.3 Å². The van der Waals surface area contributed by atoms with Gasteiger partial charge < -0.3 is 20.6 Å². The number of aliphatic hydroxyl groups excluding tert-OH is 1. The van der Waals surface area contributed by atoms with Crippen molar-refractivity contribution >= 4 is 35.1 Å². The van der Waals surface area contributed by atoms with Crippen molar-refractivity contribution in [3.05, 3.63) is 87.3 Å². The van der Waals surface area contributed by atoms with E-state index in [4.69, 9.17) is 11.6 Å². The van der Waals surface area contributed by atoms with Crippen LogP contribution in [0.1, 0.15) is 51.4 Å². The van der Waals surface area contributed by atoms with Gasteiger partial charge in [0.25, 0.3) is 5.91 Å². The van der Waals surface area contributed by atoms with Gasteiger partial charge in [0.15, 0.2) is 0 Å². The highest BCUT2D eigenvalue weighted by Gasteiger charge is 2.35. The van der Waals surface area contributed by atoms with Crippen LogP contribution in [0.5, 0.6) is 0 Å². The van der Waals surface area contributed by atoms with Crippen molar-refractivity contribution in [2.75, 3.05) is 11.9 Å². The Morgan fingerprint density at radius 1 is 1.17 bits per heavy atom. The number of aliphatic hydroxyl groups is 1. The summed E-state index contributed by atoms with van der Waals surface area (Å²) in [6.07, 6.45) is 1.52. The van der Waals surface area contributed by atoms with Gasteiger partial charge in [0.05, 0.1) is 46.6 Å². The Balaban J connectivity index is 1.35. The van der Waals surface area contributed by atoms with E-state index in [0.29, 0.717) is 34.3 Å². The minimum absolute atomic E-state index is 0.254. The molecule has 0 bridgehead atoms. The van der Waals surface area contributed by atoms with Crippen molar-refractivity contribution in [3.63, 3.8) is 0 Å². The first-order valence-electron chi connectivity index (χ1n) is 13.3. The highest BCUT2D eigenvalue weighted by atomic mass is 35.5. The quantitative estimate of drug-likeness (QED) is 0.285. The Bertz CT molecular complexity index is 1650. The SMILES string of the molecule is Cc1cccc([C@@H](CO)NC(=O)[C@@H](C)N2Cc3ccc(-c4nc(Nc5c(C)nn(C)c5C)ncc4Cl)cc3C2=O)c1. The number of amides is 2. The third kappa shape index (κ3) is 5.53. The van der Waals surface area contributed by atoms with Gasteiger partial charge in [-0.15, -0.1) is 0 Å². The Labute approximate surface area is 243 Å². The molecule has 11 heteroatoms. The van der Waals surface area contributed by atoms with Crippen molar-refractivity contribution in [2.24, 2.45) is 7.05 Å². The normalized spacial score (nSPS) is 14.1. The zero-order valence-corrected chi connectivity index (χ0v) is 24.3. The highest BCUT2D eigenvalue weighted by Crippen LogP contribution is 2.33. The van der Waals surface area contributed by atoms with E-state index in [2.05, 4.69) is 25.7 Å². The molecule has 0 saturated carbocycles. The van der Waals surface area contributed by atoms with Crippen molar-refractivity contribution < 1.29 is 14.7 Å². The number of hydrogen-bond donors (Lipinski definition) is 3. The Morgan fingerprint density at radius 3 is 2.63 bits per heavy atom. The van der Waals surface area contributed by atoms with Gasteiger partial charge in [-0.2, -0.15) is 5.10 Å². The summed E-state index contributed by atoms with van der Waals surface area (Å²) < 4.78 is 1.78. The van der Waals surface area contributed by atoms with Gasteiger partial charge in [0.2, 0.25) is 11.9 Å². The average molecular weight is 574 g/mol. The molecule has 0 saturated heterocycles. The van der Waals surface area contributed by atoms with E-state index in [9.17, 15) is 14.7 Å². The lowest BCUT2D eigenvalue weighted by Gasteiger charge is -2.26. The van der Waals surface area contributed by atoms with Crippen LogP contribution in [0.2, 0.25) is 5.02 Å². The number of halogens is 1. The fraction of sp³-hybridized carbons (Fsp3) is 0.300. The van der Waals surface area contributed by atoms with Gasteiger partial charge in [-0.05, 0) is 44.9 Å². The van der Waals surface area contributed by atoms with Gasteiger partial charge >= 0.3 is 0 Å². The molecule has 3 N–H and O–H groups in total. The molecule has 3 heterocycles. The number of carbonyl (C=O) groups excluding carboxylic acids is 2. The Kier molecular flexibility index (Phi) is 7.79. The fourth-order valence-corrected chi connectivity index (χ4v) is 5.23. The van der Waals surface area contributed by atoms with E-state index < -0.39 is 12.1 Å². The molecule has 5 rings (SSSR count). The maximum atomic E-state index is 13.5. The summed E-state index contributed by atoms with van der Waals surface area (Å²) in [6, 6.07) is 11.8. The van der Waals surface area contributed by atoms with Crippen LogP contribution >= 0.6 is 11.6 Å². The summed E-state index contributed by atoms with van der Waals surface area (Å²) in [5, 5.41) is 20.8. The number of aromatic nitrogens is 4. The predicted octanol–water partition coefficient (Wildman–Crippen LogP) is 4.39. The molecule has 2 aromatic heterocycles. The lowest BCUT2D eigenvalue weighted by Crippen LogP contribution is -2.46. The van der Waals surface area contributed by atoms with Gasteiger partial charge in [-0.25, -0.2) is 9.97 Å². The molecule has 41 heavy (non-hydrogen) atoms. The molecule has 0 unspecified atom stereocenters. The van der Waals surface area contributed by atoms with Crippen molar-refractivity contribution in [1.29, 1.82) is 0 Å². The standard InChI is InChI=1S/C30H32ClN7O3/c1-16-7-6-8-20(11-16)25(15-39)33-28(40)19(4)38-14-22-10-9-21(12-23(22)29(38)41)27-24(31)13-32-30(35-27)34-26-17(2)36-37(5)18(26)3/h6-13,19,25,39H,14-15H2,1-5H3,(H,33,40)(H,32,34,35)/t19-,25-/m1/s1. The van der Waals surface area contributed by atoms with Crippen LogP contribution in [0.15, 0.2) is 48.7 Å². The predicted molar refractivity (Wildman–Crippen MR) is 157 cm³/mol. The molecule has 0 spiro atoms. The molecule has 0 radical (unpaired) electrons. The number of rotatable bonds is 8. The Morgan fingerprint density at radius 2 is 1.95 bits per heavy atom. The number of hydrogen-bond acceptors (Lipinski definition) is 7. The summed E-state index contributed by atoms with van der Waals surface area (Å²) >= 11 is 6.49. The van der Waals surface area contributed by atoms with E-state index in [-0.39, 0.29) is 18.4 Å². The zero-order chi connectivity index (χ0) is 29.4. The largest absolute Gasteiger partial charge is 0.394 e. The molecule has 1 aliphatic rings. The summed E-state index contributed by atoms with van der Waals surface area (Å²) in [5.41, 5.74) is 6.83. The smallest absolute Gasteiger partial charge is 0.255 e. The first-order valence-corrected chi connectivity index (χ1v) is 13.7. The van der Waals surface area contributed by atoms with Crippen LogP contribution < -0.4 is 10.6 Å².